The van der Waals surface area contributed by atoms with Crippen LogP contribution in [-0.2, 0) is 0 Å². The third kappa shape index (κ3) is 2.42. The third-order valence-corrected chi connectivity index (χ3v) is 2.24. The van der Waals surface area contributed by atoms with E-state index in [1.165, 1.54) is 30.5 Å². The summed E-state index contributed by atoms with van der Waals surface area (Å²) in [6.45, 7) is 0. The molecule has 0 spiro atoms. The highest BCUT2D eigenvalue weighted by molar-refractivity contribution is 6.04. The number of hydrogen-bond donors (Lipinski definition) is 2. The standard InChI is InChI=1S/C12H9F2N3O/c13-8-2-1-3-9(11(8)14)17-12(18)7-4-5-16-10(15)6-7/h1-6H,(H2,15,16)(H,17,18). The largest absolute Gasteiger partial charge is 0.384 e. The monoisotopic (exact) mass is 249 g/mol. The molecule has 1 amide bonds. The highest BCUT2D eigenvalue weighted by atomic mass is 19.2. The Morgan fingerprint density at radius 3 is 2.78 bits per heavy atom. The Morgan fingerprint density at radius 2 is 2.06 bits per heavy atom. The molecule has 1 aromatic heterocycles. The average Bonchev–Trinajstić information content (AvgIpc) is 2.35. The van der Waals surface area contributed by atoms with E-state index in [4.69, 9.17) is 5.73 Å². The molecule has 0 saturated carbocycles. The van der Waals surface area contributed by atoms with E-state index >= 15 is 0 Å². The van der Waals surface area contributed by atoms with Crippen molar-refractivity contribution in [2.45, 2.75) is 0 Å². The van der Waals surface area contributed by atoms with Crippen LogP contribution < -0.4 is 11.1 Å². The molecule has 0 aliphatic heterocycles. The van der Waals surface area contributed by atoms with Crippen molar-refractivity contribution in [3.63, 3.8) is 0 Å². The summed E-state index contributed by atoms with van der Waals surface area (Å²) in [5.41, 5.74) is 5.41. The van der Waals surface area contributed by atoms with Crippen molar-refractivity contribution in [1.82, 2.24) is 4.98 Å². The van der Waals surface area contributed by atoms with Gasteiger partial charge in [0.25, 0.3) is 5.91 Å². The van der Waals surface area contributed by atoms with E-state index in [0.717, 1.165) is 6.07 Å². The van der Waals surface area contributed by atoms with Gasteiger partial charge in [-0.3, -0.25) is 4.79 Å². The van der Waals surface area contributed by atoms with E-state index in [1.807, 2.05) is 0 Å². The number of rotatable bonds is 2. The molecular formula is C12H9F2N3O. The lowest BCUT2D eigenvalue weighted by molar-refractivity contribution is 0.102. The van der Waals surface area contributed by atoms with Crippen molar-refractivity contribution in [3.05, 3.63) is 53.7 Å². The number of aromatic nitrogens is 1. The molecule has 0 bridgehead atoms. The molecule has 0 fully saturated rings. The van der Waals surface area contributed by atoms with Gasteiger partial charge in [0, 0.05) is 11.8 Å². The van der Waals surface area contributed by atoms with Crippen LogP contribution >= 0.6 is 0 Å². The maximum atomic E-state index is 13.3. The molecule has 0 unspecified atom stereocenters. The minimum absolute atomic E-state index is 0.169. The lowest BCUT2D eigenvalue weighted by atomic mass is 10.2. The second kappa shape index (κ2) is 4.79. The van der Waals surface area contributed by atoms with Crippen LogP contribution in [0.1, 0.15) is 10.4 Å². The van der Waals surface area contributed by atoms with Crippen LogP contribution in [0.4, 0.5) is 20.3 Å². The number of halogens is 2. The van der Waals surface area contributed by atoms with Gasteiger partial charge in [0.05, 0.1) is 5.69 Å². The Labute approximate surface area is 101 Å². The summed E-state index contributed by atoms with van der Waals surface area (Å²) in [6.07, 6.45) is 1.35. The SMILES string of the molecule is Nc1cc(C(=O)Nc2cccc(F)c2F)ccn1. The van der Waals surface area contributed by atoms with Gasteiger partial charge in [0.15, 0.2) is 11.6 Å². The number of pyridine rings is 1. The van der Waals surface area contributed by atoms with Crippen molar-refractivity contribution in [2.24, 2.45) is 0 Å². The molecule has 4 nitrogen and oxygen atoms in total. The van der Waals surface area contributed by atoms with Crippen molar-refractivity contribution < 1.29 is 13.6 Å². The van der Waals surface area contributed by atoms with Crippen molar-refractivity contribution in [1.29, 1.82) is 0 Å². The van der Waals surface area contributed by atoms with E-state index in [-0.39, 0.29) is 17.1 Å². The van der Waals surface area contributed by atoms with Gasteiger partial charge < -0.3 is 11.1 Å². The number of nitrogens with two attached hydrogens (primary N) is 1. The number of carbonyl (C=O) groups is 1. The number of amides is 1. The van der Waals surface area contributed by atoms with Crippen molar-refractivity contribution in [2.75, 3.05) is 11.1 Å². The van der Waals surface area contributed by atoms with Gasteiger partial charge >= 0.3 is 0 Å². The van der Waals surface area contributed by atoms with Gasteiger partial charge in [-0.15, -0.1) is 0 Å². The molecule has 2 rings (SSSR count). The normalized spacial score (nSPS) is 10.1. The Balaban J connectivity index is 2.24. The highest BCUT2D eigenvalue weighted by Gasteiger charge is 2.12. The average molecular weight is 249 g/mol. The topological polar surface area (TPSA) is 68.0 Å². The first-order valence-corrected chi connectivity index (χ1v) is 5.05. The van der Waals surface area contributed by atoms with Gasteiger partial charge in [-0.05, 0) is 24.3 Å². The van der Waals surface area contributed by atoms with Crippen LogP contribution in [0.2, 0.25) is 0 Å². The molecule has 18 heavy (non-hydrogen) atoms. The van der Waals surface area contributed by atoms with Crippen LogP contribution in [0, 0.1) is 11.6 Å². The molecule has 92 valence electrons. The van der Waals surface area contributed by atoms with Gasteiger partial charge in [0.2, 0.25) is 0 Å². The molecule has 1 heterocycles. The zero-order valence-corrected chi connectivity index (χ0v) is 9.15. The third-order valence-electron chi connectivity index (χ3n) is 2.24. The van der Waals surface area contributed by atoms with Crippen LogP contribution in [0.25, 0.3) is 0 Å². The number of nitrogens with one attached hydrogen (secondary N) is 1. The first-order valence-electron chi connectivity index (χ1n) is 5.05. The van der Waals surface area contributed by atoms with E-state index in [0.29, 0.717) is 0 Å². The fourth-order valence-corrected chi connectivity index (χ4v) is 1.38. The Morgan fingerprint density at radius 1 is 1.28 bits per heavy atom. The van der Waals surface area contributed by atoms with Crippen LogP contribution in [0.3, 0.4) is 0 Å². The second-order valence-corrected chi connectivity index (χ2v) is 3.52. The maximum Gasteiger partial charge on any atom is 0.255 e. The molecule has 0 aliphatic rings. The lowest BCUT2D eigenvalue weighted by Gasteiger charge is -2.06. The summed E-state index contributed by atoms with van der Waals surface area (Å²) in [4.78, 5) is 15.5. The zero-order chi connectivity index (χ0) is 13.1. The molecule has 2 aromatic rings. The first-order chi connectivity index (χ1) is 8.58. The Hall–Kier alpha value is -2.50. The lowest BCUT2D eigenvalue weighted by Crippen LogP contribution is -2.14. The van der Waals surface area contributed by atoms with Gasteiger partial charge in [0.1, 0.15) is 5.82 Å². The minimum atomic E-state index is -1.10. The molecule has 0 atom stereocenters. The van der Waals surface area contributed by atoms with E-state index in [1.54, 1.807) is 0 Å². The number of carbonyl (C=O) groups excluding carboxylic acids is 1. The summed E-state index contributed by atoms with van der Waals surface area (Å²) in [6, 6.07) is 6.29. The van der Waals surface area contributed by atoms with Gasteiger partial charge in [-0.1, -0.05) is 6.07 Å². The van der Waals surface area contributed by atoms with Crippen LogP contribution in [0.15, 0.2) is 36.5 Å². The predicted molar refractivity (Wildman–Crippen MR) is 63.0 cm³/mol. The molecular weight excluding hydrogens is 240 g/mol. The molecule has 6 heteroatoms. The minimum Gasteiger partial charge on any atom is -0.384 e. The van der Waals surface area contributed by atoms with Crippen molar-refractivity contribution >= 4 is 17.4 Å². The van der Waals surface area contributed by atoms with Gasteiger partial charge in [-0.2, -0.15) is 0 Å². The molecule has 0 aliphatic carbocycles. The number of nitrogens with zero attached hydrogens (tertiary/aromatic N) is 1. The summed E-state index contributed by atoms with van der Waals surface area (Å²) in [5.74, 6) is -2.55. The number of nitrogen functional groups attached to an aromatic ring is 1. The smallest absolute Gasteiger partial charge is 0.255 e. The maximum absolute atomic E-state index is 13.3. The number of benzene rings is 1. The fourth-order valence-electron chi connectivity index (χ4n) is 1.38. The molecule has 3 N–H and O–H groups in total. The Bertz CT molecular complexity index is 602. The van der Waals surface area contributed by atoms with Crippen molar-refractivity contribution in [3.8, 4) is 0 Å². The molecule has 0 radical (unpaired) electrons. The Kier molecular flexibility index (Phi) is 3.18. The first kappa shape index (κ1) is 12.0. The quantitative estimate of drug-likeness (QED) is 0.857. The fraction of sp³-hybridized carbons (Fsp3) is 0. The summed E-state index contributed by atoms with van der Waals surface area (Å²) >= 11 is 0. The highest BCUT2D eigenvalue weighted by Crippen LogP contribution is 2.17. The van der Waals surface area contributed by atoms with Crippen LogP contribution in [0.5, 0.6) is 0 Å². The summed E-state index contributed by atoms with van der Waals surface area (Å²) in [7, 11) is 0. The number of anilines is 2. The predicted octanol–water partition coefficient (Wildman–Crippen LogP) is 2.19. The zero-order valence-electron chi connectivity index (χ0n) is 9.15. The van der Waals surface area contributed by atoms with Crippen LogP contribution in [-0.4, -0.2) is 10.9 Å². The second-order valence-electron chi connectivity index (χ2n) is 3.52. The summed E-state index contributed by atoms with van der Waals surface area (Å²) in [5, 5.41) is 2.26. The molecule has 1 aromatic carbocycles. The summed E-state index contributed by atoms with van der Waals surface area (Å²) < 4.78 is 26.3. The number of hydrogen-bond acceptors (Lipinski definition) is 3. The van der Waals surface area contributed by atoms with Gasteiger partial charge in [-0.25, -0.2) is 13.8 Å². The van der Waals surface area contributed by atoms with E-state index < -0.39 is 17.5 Å². The molecule has 0 saturated heterocycles. The van der Waals surface area contributed by atoms with E-state index in [9.17, 15) is 13.6 Å². The van der Waals surface area contributed by atoms with E-state index in [2.05, 4.69) is 10.3 Å².